The van der Waals surface area contributed by atoms with Crippen LogP contribution in [0.15, 0.2) is 18.2 Å². The molecule has 0 radical (unpaired) electrons. The number of carbonyl (C=O) groups is 1. The summed E-state index contributed by atoms with van der Waals surface area (Å²) in [5.74, 6) is 0.233. The van der Waals surface area contributed by atoms with Gasteiger partial charge in [0.25, 0.3) is 0 Å². The van der Waals surface area contributed by atoms with Crippen LogP contribution in [0.5, 0.6) is 0 Å². The van der Waals surface area contributed by atoms with E-state index in [1.165, 1.54) is 0 Å². The van der Waals surface area contributed by atoms with Crippen LogP contribution in [-0.4, -0.2) is 23.2 Å². The largest absolute Gasteiger partial charge is 0.397 e. The van der Waals surface area contributed by atoms with Crippen molar-refractivity contribution in [3.63, 3.8) is 0 Å². The van der Waals surface area contributed by atoms with Crippen LogP contribution < -0.4 is 16.4 Å². The molecular weight excluding hydrogens is 254 g/mol. The fourth-order valence-corrected chi connectivity index (χ4v) is 2.03. The molecule has 1 amide bonds. The van der Waals surface area contributed by atoms with Crippen LogP contribution >= 0.6 is 0 Å². The molecule has 1 aliphatic carbocycles. The van der Waals surface area contributed by atoms with Crippen LogP contribution in [-0.2, 0) is 4.79 Å². The summed E-state index contributed by atoms with van der Waals surface area (Å²) in [7, 11) is 0. The monoisotopic (exact) mass is 277 g/mol. The first-order valence-electron chi connectivity index (χ1n) is 7.02. The lowest BCUT2D eigenvalue weighted by molar-refractivity contribution is -0.122. The lowest BCUT2D eigenvalue weighted by Gasteiger charge is -2.24. The number of nitrogens with one attached hydrogen (secondary N) is 2. The molecule has 20 heavy (non-hydrogen) atoms. The molecule has 0 aromatic heterocycles. The van der Waals surface area contributed by atoms with Gasteiger partial charge in [0.05, 0.1) is 17.0 Å². The number of nitrogens with two attached hydrogens (primary N) is 1. The highest BCUT2D eigenvalue weighted by molar-refractivity contribution is 5.94. The van der Waals surface area contributed by atoms with Crippen LogP contribution in [0.3, 0.4) is 0 Å². The molecule has 110 valence electrons. The maximum Gasteiger partial charge on any atom is 0.227 e. The third-order valence-corrected chi connectivity index (χ3v) is 3.51. The first-order chi connectivity index (χ1) is 9.35. The molecule has 0 spiro atoms. The highest BCUT2D eigenvalue weighted by Gasteiger charge is 2.25. The predicted molar refractivity (Wildman–Crippen MR) is 81.6 cm³/mol. The van der Waals surface area contributed by atoms with Gasteiger partial charge in [-0.1, -0.05) is 6.42 Å². The molecule has 0 atom stereocenters. The number of hydrogen-bond acceptors (Lipinski definition) is 4. The van der Waals surface area contributed by atoms with Crippen molar-refractivity contribution in [1.29, 1.82) is 0 Å². The number of aliphatic hydroxyl groups is 1. The Morgan fingerprint density at radius 2 is 2.15 bits per heavy atom. The molecule has 5 nitrogen and oxygen atoms in total. The van der Waals surface area contributed by atoms with E-state index in [0.717, 1.165) is 24.9 Å². The Kier molecular flexibility index (Phi) is 4.18. The molecule has 1 aromatic rings. The normalized spacial score (nSPS) is 15.6. The molecule has 1 aliphatic rings. The van der Waals surface area contributed by atoms with E-state index < -0.39 is 5.60 Å². The van der Waals surface area contributed by atoms with Gasteiger partial charge in [-0.05, 0) is 44.9 Å². The Morgan fingerprint density at radius 1 is 1.45 bits per heavy atom. The zero-order valence-electron chi connectivity index (χ0n) is 12.1. The van der Waals surface area contributed by atoms with Gasteiger partial charge in [0.1, 0.15) is 0 Å². The Hall–Kier alpha value is -1.75. The zero-order valence-corrected chi connectivity index (χ0v) is 12.1. The highest BCUT2D eigenvalue weighted by Crippen LogP contribution is 2.29. The summed E-state index contributed by atoms with van der Waals surface area (Å²) in [5.41, 5.74) is 7.18. The second-order valence-electron chi connectivity index (χ2n) is 6.09. The minimum absolute atomic E-state index is 0.0767. The number of nitrogen functional groups attached to an aromatic ring is 1. The van der Waals surface area contributed by atoms with Gasteiger partial charge in [-0.25, -0.2) is 0 Å². The SMILES string of the molecule is CC(C)(O)CNc1ccc(NC(=O)C2CCC2)cc1N. The molecule has 5 heteroatoms. The smallest absolute Gasteiger partial charge is 0.227 e. The van der Waals surface area contributed by atoms with E-state index >= 15 is 0 Å². The predicted octanol–water partition coefficient (Wildman–Crippen LogP) is 2.19. The molecular formula is C15H23N3O2. The van der Waals surface area contributed by atoms with E-state index in [1.54, 1.807) is 19.9 Å². The Bertz CT molecular complexity index is 490. The summed E-state index contributed by atoms with van der Waals surface area (Å²) >= 11 is 0. The summed E-state index contributed by atoms with van der Waals surface area (Å²) < 4.78 is 0. The van der Waals surface area contributed by atoms with Gasteiger partial charge in [-0.3, -0.25) is 4.79 Å². The summed E-state index contributed by atoms with van der Waals surface area (Å²) in [6.07, 6.45) is 3.10. The molecule has 1 saturated carbocycles. The Balaban J connectivity index is 1.96. The molecule has 2 rings (SSSR count). The maximum atomic E-state index is 11.8. The fraction of sp³-hybridized carbons (Fsp3) is 0.533. The average molecular weight is 277 g/mol. The van der Waals surface area contributed by atoms with Crippen molar-refractivity contribution in [1.82, 2.24) is 0 Å². The van der Waals surface area contributed by atoms with Gasteiger partial charge in [-0.15, -0.1) is 0 Å². The summed E-state index contributed by atoms with van der Waals surface area (Å²) in [6, 6.07) is 5.38. The third-order valence-electron chi connectivity index (χ3n) is 3.51. The standard InChI is InChI=1S/C15H23N3O2/c1-15(2,20)9-17-13-7-6-11(8-12(13)16)18-14(19)10-4-3-5-10/h6-8,10,17,20H,3-5,9,16H2,1-2H3,(H,18,19). The van der Waals surface area contributed by atoms with E-state index in [9.17, 15) is 9.90 Å². The van der Waals surface area contributed by atoms with E-state index in [2.05, 4.69) is 10.6 Å². The quantitative estimate of drug-likeness (QED) is 0.621. The van der Waals surface area contributed by atoms with Gasteiger partial charge < -0.3 is 21.5 Å². The molecule has 0 aliphatic heterocycles. The van der Waals surface area contributed by atoms with Gasteiger partial charge in [0.2, 0.25) is 5.91 Å². The number of carbonyl (C=O) groups excluding carboxylic acids is 1. The molecule has 1 aromatic carbocycles. The number of benzene rings is 1. The second kappa shape index (κ2) is 5.71. The van der Waals surface area contributed by atoms with E-state index in [1.807, 2.05) is 12.1 Å². The van der Waals surface area contributed by atoms with Crippen molar-refractivity contribution < 1.29 is 9.90 Å². The molecule has 0 bridgehead atoms. The number of rotatable bonds is 5. The van der Waals surface area contributed by atoms with Crippen molar-refractivity contribution in [3.05, 3.63) is 18.2 Å². The zero-order chi connectivity index (χ0) is 14.8. The maximum absolute atomic E-state index is 11.8. The topological polar surface area (TPSA) is 87.4 Å². The van der Waals surface area contributed by atoms with Crippen LogP contribution in [0.2, 0.25) is 0 Å². The lowest BCUT2D eigenvalue weighted by atomic mass is 9.85. The van der Waals surface area contributed by atoms with Crippen LogP contribution in [0, 0.1) is 5.92 Å². The van der Waals surface area contributed by atoms with Gasteiger partial charge >= 0.3 is 0 Å². The minimum Gasteiger partial charge on any atom is -0.397 e. The summed E-state index contributed by atoms with van der Waals surface area (Å²) in [5, 5.41) is 15.7. The van der Waals surface area contributed by atoms with Crippen LogP contribution in [0.4, 0.5) is 17.1 Å². The van der Waals surface area contributed by atoms with Crippen LogP contribution in [0.1, 0.15) is 33.1 Å². The Labute approximate surface area is 119 Å². The summed E-state index contributed by atoms with van der Waals surface area (Å²) in [4.78, 5) is 11.8. The number of anilines is 3. The number of hydrogen-bond donors (Lipinski definition) is 4. The number of amides is 1. The van der Waals surface area contributed by atoms with Crippen molar-refractivity contribution in [3.8, 4) is 0 Å². The van der Waals surface area contributed by atoms with Crippen molar-refractivity contribution >= 4 is 23.0 Å². The minimum atomic E-state index is -0.802. The molecule has 1 fully saturated rings. The van der Waals surface area contributed by atoms with Crippen molar-refractivity contribution in [2.75, 3.05) is 22.9 Å². The molecule has 5 N–H and O–H groups in total. The molecule has 0 saturated heterocycles. The van der Waals surface area contributed by atoms with E-state index in [0.29, 0.717) is 17.9 Å². The van der Waals surface area contributed by atoms with Gasteiger partial charge in [-0.2, -0.15) is 0 Å². The fourth-order valence-electron chi connectivity index (χ4n) is 2.03. The van der Waals surface area contributed by atoms with E-state index in [-0.39, 0.29) is 11.8 Å². The van der Waals surface area contributed by atoms with Crippen LogP contribution in [0.25, 0.3) is 0 Å². The molecule has 0 heterocycles. The average Bonchev–Trinajstić information content (AvgIpc) is 2.23. The highest BCUT2D eigenvalue weighted by atomic mass is 16.3. The Morgan fingerprint density at radius 3 is 2.65 bits per heavy atom. The van der Waals surface area contributed by atoms with Crippen molar-refractivity contribution in [2.45, 2.75) is 38.7 Å². The third kappa shape index (κ3) is 3.87. The van der Waals surface area contributed by atoms with E-state index in [4.69, 9.17) is 5.73 Å². The molecule has 0 unspecified atom stereocenters. The lowest BCUT2D eigenvalue weighted by Crippen LogP contribution is -2.29. The van der Waals surface area contributed by atoms with Gasteiger partial charge in [0.15, 0.2) is 0 Å². The summed E-state index contributed by atoms with van der Waals surface area (Å²) in [6.45, 7) is 3.86. The second-order valence-corrected chi connectivity index (χ2v) is 6.09. The van der Waals surface area contributed by atoms with Crippen molar-refractivity contribution in [2.24, 2.45) is 5.92 Å². The van der Waals surface area contributed by atoms with Gasteiger partial charge in [0, 0.05) is 18.2 Å². The first-order valence-corrected chi connectivity index (χ1v) is 7.02. The first kappa shape index (κ1) is 14.7.